The molecule has 0 fully saturated rings. The van der Waals surface area contributed by atoms with Gasteiger partial charge in [0.2, 0.25) is 5.91 Å². The van der Waals surface area contributed by atoms with Crippen LogP contribution in [0.5, 0.6) is 0 Å². The Hall–Kier alpha value is -3.84. The third-order valence-corrected chi connectivity index (χ3v) is 6.61. The van der Waals surface area contributed by atoms with Crippen LogP contribution in [0.4, 0.5) is 5.00 Å². The second-order valence-corrected chi connectivity index (χ2v) is 8.83. The molecule has 1 unspecified atom stereocenters. The smallest absolute Gasteiger partial charge is 0.261 e. The number of amides is 3. The van der Waals surface area contributed by atoms with Crippen LogP contribution < -0.4 is 5.32 Å². The number of carbonyl (C=O) groups excluding carboxylic acids is 3. The van der Waals surface area contributed by atoms with Gasteiger partial charge in [-0.1, -0.05) is 42.0 Å². The van der Waals surface area contributed by atoms with Gasteiger partial charge in [-0.3, -0.25) is 24.3 Å². The molecule has 2 aromatic heterocycles. The molecule has 1 atom stereocenters. The minimum atomic E-state index is -0.707. The lowest BCUT2D eigenvalue weighted by atomic mass is 9.96. The molecule has 0 saturated heterocycles. The predicted octanol–water partition coefficient (Wildman–Crippen LogP) is 4.62. The average Bonchev–Trinajstić information content (AvgIpc) is 3.31. The number of fused-ring (bicyclic) bond motifs is 2. The summed E-state index contributed by atoms with van der Waals surface area (Å²) in [7, 11) is 0. The zero-order valence-corrected chi connectivity index (χ0v) is 18.1. The number of anilines is 1. The number of nitrogens with one attached hydrogen (secondary N) is 1. The molecule has 0 saturated carbocycles. The molecule has 0 radical (unpaired) electrons. The number of nitrogens with zero attached hydrogens (tertiary/aromatic N) is 2. The summed E-state index contributed by atoms with van der Waals surface area (Å²) in [6, 6.07) is 18.1. The number of benzene rings is 2. The van der Waals surface area contributed by atoms with Crippen LogP contribution in [-0.4, -0.2) is 34.2 Å². The van der Waals surface area contributed by atoms with Crippen LogP contribution in [-0.2, 0) is 4.79 Å². The highest BCUT2D eigenvalue weighted by atomic mass is 32.1. The fourth-order valence-corrected chi connectivity index (χ4v) is 4.81. The fourth-order valence-electron chi connectivity index (χ4n) is 3.88. The number of aryl methyl sites for hydroxylation is 1. The van der Waals surface area contributed by atoms with Crippen LogP contribution in [0, 0.1) is 6.92 Å². The van der Waals surface area contributed by atoms with Gasteiger partial charge in [-0.2, -0.15) is 0 Å². The van der Waals surface area contributed by atoms with Crippen molar-refractivity contribution < 1.29 is 14.4 Å². The Balaban J connectivity index is 1.45. The number of hydrogen-bond donors (Lipinski definition) is 1. The number of imide groups is 1. The Morgan fingerprint density at radius 3 is 2.38 bits per heavy atom. The number of rotatable bonds is 5. The van der Waals surface area contributed by atoms with E-state index < -0.39 is 5.92 Å². The topological polar surface area (TPSA) is 79.4 Å². The Bertz CT molecular complexity index is 1290. The largest absolute Gasteiger partial charge is 0.317 e. The summed E-state index contributed by atoms with van der Waals surface area (Å²) in [6.45, 7) is 1.93. The van der Waals surface area contributed by atoms with Crippen molar-refractivity contribution in [2.24, 2.45) is 0 Å². The molecule has 4 aromatic rings. The van der Waals surface area contributed by atoms with E-state index in [9.17, 15) is 14.4 Å². The molecule has 0 aliphatic carbocycles. The lowest BCUT2D eigenvalue weighted by Crippen LogP contribution is -2.38. The van der Waals surface area contributed by atoms with Crippen LogP contribution in [0.1, 0.15) is 37.8 Å². The lowest BCUT2D eigenvalue weighted by molar-refractivity contribution is -0.117. The maximum atomic E-state index is 13.4. The Morgan fingerprint density at radius 1 is 1.03 bits per heavy atom. The first-order valence-electron chi connectivity index (χ1n) is 10.2. The van der Waals surface area contributed by atoms with E-state index in [0.29, 0.717) is 16.1 Å². The molecule has 3 amide bonds. The van der Waals surface area contributed by atoms with Gasteiger partial charge in [-0.05, 0) is 42.1 Å². The molecule has 7 heteroatoms. The van der Waals surface area contributed by atoms with Crippen LogP contribution >= 0.6 is 11.3 Å². The van der Waals surface area contributed by atoms with E-state index in [1.165, 1.54) is 16.2 Å². The minimum Gasteiger partial charge on any atom is -0.317 e. The van der Waals surface area contributed by atoms with Gasteiger partial charge in [0.15, 0.2) is 0 Å². The van der Waals surface area contributed by atoms with Gasteiger partial charge in [-0.15, -0.1) is 11.3 Å². The standard InChI is InChI=1S/C25H19N3O3S/c1-15-6-8-16(9-7-15)20(14-28-24(30)18-4-2-3-5-19(18)25(28)31)23(29)27-22-12-17-10-11-26-13-21(17)32-22/h2-13,20H,14H2,1H3,(H,27,29). The van der Waals surface area contributed by atoms with Gasteiger partial charge in [-0.25, -0.2) is 0 Å². The molecular formula is C25H19N3O3S. The van der Waals surface area contributed by atoms with Gasteiger partial charge < -0.3 is 5.32 Å². The summed E-state index contributed by atoms with van der Waals surface area (Å²) in [4.78, 5) is 44.5. The first-order valence-corrected chi connectivity index (χ1v) is 11.0. The number of hydrogen-bond acceptors (Lipinski definition) is 5. The summed E-state index contributed by atoms with van der Waals surface area (Å²) in [5.41, 5.74) is 2.55. The summed E-state index contributed by atoms with van der Waals surface area (Å²) < 4.78 is 0.968. The van der Waals surface area contributed by atoms with Crippen molar-refractivity contribution >= 4 is 44.1 Å². The van der Waals surface area contributed by atoms with E-state index in [2.05, 4.69) is 10.3 Å². The van der Waals surface area contributed by atoms with Crippen LogP contribution in [0.2, 0.25) is 0 Å². The van der Waals surface area contributed by atoms with Crippen molar-refractivity contribution in [3.05, 3.63) is 95.3 Å². The molecule has 2 aromatic carbocycles. The zero-order chi connectivity index (χ0) is 22.2. The highest BCUT2D eigenvalue weighted by Crippen LogP contribution is 2.31. The first-order chi connectivity index (χ1) is 15.5. The number of carbonyl (C=O) groups is 3. The lowest BCUT2D eigenvalue weighted by Gasteiger charge is -2.22. The normalized spacial score (nSPS) is 14.0. The summed E-state index contributed by atoms with van der Waals surface area (Å²) in [6.07, 6.45) is 3.46. The molecule has 0 spiro atoms. The van der Waals surface area contributed by atoms with Gasteiger partial charge in [0.25, 0.3) is 11.8 Å². The van der Waals surface area contributed by atoms with E-state index in [1.54, 1.807) is 36.7 Å². The van der Waals surface area contributed by atoms with Crippen molar-refractivity contribution in [1.82, 2.24) is 9.88 Å². The van der Waals surface area contributed by atoms with Crippen LogP contribution in [0.3, 0.4) is 0 Å². The van der Waals surface area contributed by atoms with E-state index in [1.807, 2.05) is 43.3 Å². The van der Waals surface area contributed by atoms with E-state index >= 15 is 0 Å². The van der Waals surface area contributed by atoms with Crippen molar-refractivity contribution in [3.8, 4) is 0 Å². The predicted molar refractivity (Wildman–Crippen MR) is 124 cm³/mol. The van der Waals surface area contributed by atoms with E-state index in [4.69, 9.17) is 0 Å². The summed E-state index contributed by atoms with van der Waals surface area (Å²) in [5.74, 6) is -1.72. The highest BCUT2D eigenvalue weighted by Gasteiger charge is 2.38. The maximum absolute atomic E-state index is 13.4. The number of pyridine rings is 1. The van der Waals surface area contributed by atoms with Crippen LogP contribution in [0.15, 0.2) is 73.1 Å². The molecule has 0 bridgehead atoms. The zero-order valence-electron chi connectivity index (χ0n) is 17.2. The molecule has 158 valence electrons. The first kappa shape index (κ1) is 20.1. The minimum absolute atomic E-state index is 0.0340. The fraction of sp³-hybridized carbons (Fsp3) is 0.120. The average molecular weight is 442 g/mol. The second-order valence-electron chi connectivity index (χ2n) is 7.74. The van der Waals surface area contributed by atoms with Gasteiger partial charge in [0.1, 0.15) is 0 Å². The van der Waals surface area contributed by atoms with Gasteiger partial charge >= 0.3 is 0 Å². The summed E-state index contributed by atoms with van der Waals surface area (Å²) >= 11 is 1.43. The molecule has 1 aliphatic rings. The monoisotopic (exact) mass is 441 g/mol. The Labute approximate surface area is 188 Å². The van der Waals surface area contributed by atoms with Crippen molar-refractivity contribution in [3.63, 3.8) is 0 Å². The highest BCUT2D eigenvalue weighted by molar-refractivity contribution is 7.22. The third kappa shape index (κ3) is 3.56. The second kappa shape index (κ2) is 8.01. The molecule has 5 rings (SSSR count). The molecular weight excluding hydrogens is 422 g/mol. The molecule has 3 heterocycles. The Morgan fingerprint density at radius 2 is 1.72 bits per heavy atom. The number of thiophene rings is 1. The number of aromatic nitrogens is 1. The van der Waals surface area contributed by atoms with Crippen molar-refractivity contribution in [2.75, 3.05) is 11.9 Å². The molecule has 1 N–H and O–H groups in total. The van der Waals surface area contributed by atoms with Crippen molar-refractivity contribution in [2.45, 2.75) is 12.8 Å². The van der Waals surface area contributed by atoms with E-state index in [-0.39, 0.29) is 24.3 Å². The van der Waals surface area contributed by atoms with Crippen LogP contribution in [0.25, 0.3) is 10.1 Å². The molecule has 6 nitrogen and oxygen atoms in total. The quantitative estimate of drug-likeness (QED) is 0.458. The van der Waals surface area contributed by atoms with Gasteiger partial charge in [0.05, 0.1) is 26.7 Å². The van der Waals surface area contributed by atoms with Gasteiger partial charge in [0, 0.05) is 18.9 Å². The SMILES string of the molecule is Cc1ccc(C(CN2C(=O)c3ccccc3C2=O)C(=O)Nc2cc3ccncc3s2)cc1. The Kier molecular flexibility index (Phi) is 5.03. The molecule has 1 aliphatic heterocycles. The molecule has 32 heavy (non-hydrogen) atoms. The maximum Gasteiger partial charge on any atom is 0.261 e. The van der Waals surface area contributed by atoms with E-state index in [0.717, 1.165) is 21.2 Å². The summed E-state index contributed by atoms with van der Waals surface area (Å²) in [5, 5.41) is 4.66. The third-order valence-electron chi connectivity index (χ3n) is 5.61. The van der Waals surface area contributed by atoms with Crippen molar-refractivity contribution in [1.29, 1.82) is 0 Å².